The zero-order valence-corrected chi connectivity index (χ0v) is 11.7. The Labute approximate surface area is 107 Å². The number of ether oxygens (including phenoxy) is 1. The molecule has 6 heteroatoms. The molecule has 0 bridgehead atoms. The minimum Gasteiger partial charge on any atom is -0.465 e. The molecule has 5 nitrogen and oxygen atoms in total. The molecule has 0 aliphatic heterocycles. The summed E-state index contributed by atoms with van der Waals surface area (Å²) < 4.78 is 4.78. The fourth-order valence-corrected chi connectivity index (χ4v) is 1.89. The number of nitrogens with one attached hydrogen (secondary N) is 1. The van der Waals surface area contributed by atoms with Gasteiger partial charge in [-0.15, -0.1) is 11.8 Å². The predicted molar refractivity (Wildman–Crippen MR) is 69.8 cm³/mol. The lowest BCUT2D eigenvalue weighted by Crippen LogP contribution is -2.39. The van der Waals surface area contributed by atoms with Crippen LogP contribution in [0.15, 0.2) is 0 Å². The topological polar surface area (TPSA) is 81.4 Å². The molecule has 1 amide bonds. The lowest BCUT2D eigenvalue weighted by atomic mass is 10.3. The van der Waals surface area contributed by atoms with Crippen molar-refractivity contribution in [1.82, 2.24) is 5.32 Å². The third-order valence-corrected chi connectivity index (χ3v) is 3.18. The lowest BCUT2D eigenvalue weighted by molar-refractivity contribution is -0.144. The Morgan fingerprint density at radius 1 is 1.35 bits per heavy atom. The van der Waals surface area contributed by atoms with Crippen molar-refractivity contribution in [1.29, 1.82) is 0 Å². The van der Waals surface area contributed by atoms with Gasteiger partial charge in [0.1, 0.15) is 6.04 Å². The van der Waals surface area contributed by atoms with E-state index in [-0.39, 0.29) is 17.2 Å². The first-order chi connectivity index (χ1) is 7.88. The summed E-state index contributed by atoms with van der Waals surface area (Å²) in [5.41, 5.74) is 5.63. The normalized spacial score (nSPS) is 14.2. The van der Waals surface area contributed by atoms with Gasteiger partial charge < -0.3 is 15.8 Å². The Balaban J connectivity index is 3.94. The van der Waals surface area contributed by atoms with Gasteiger partial charge in [0.2, 0.25) is 5.91 Å². The van der Waals surface area contributed by atoms with Crippen molar-refractivity contribution in [2.45, 2.75) is 45.0 Å². The van der Waals surface area contributed by atoms with Crippen LogP contribution in [0.1, 0.15) is 27.7 Å². The first kappa shape index (κ1) is 16.2. The largest absolute Gasteiger partial charge is 0.465 e. The molecule has 2 unspecified atom stereocenters. The van der Waals surface area contributed by atoms with Crippen LogP contribution in [0.3, 0.4) is 0 Å². The number of carbonyl (C=O) groups excluding carboxylic acids is 2. The molecule has 0 radical (unpaired) electrons. The quantitative estimate of drug-likeness (QED) is 0.654. The van der Waals surface area contributed by atoms with Gasteiger partial charge in [-0.05, 0) is 27.7 Å². The van der Waals surface area contributed by atoms with Gasteiger partial charge in [0.25, 0.3) is 0 Å². The van der Waals surface area contributed by atoms with Gasteiger partial charge in [-0.3, -0.25) is 9.59 Å². The van der Waals surface area contributed by atoms with Crippen LogP contribution in [0.25, 0.3) is 0 Å². The van der Waals surface area contributed by atoms with E-state index in [4.69, 9.17) is 10.5 Å². The highest BCUT2D eigenvalue weighted by atomic mass is 32.2. The number of thioether (sulfide) groups is 1. The summed E-state index contributed by atoms with van der Waals surface area (Å²) in [7, 11) is 0. The van der Waals surface area contributed by atoms with E-state index >= 15 is 0 Å². The minimum absolute atomic E-state index is 0.0407. The number of hydrogen-bond acceptors (Lipinski definition) is 5. The van der Waals surface area contributed by atoms with E-state index < -0.39 is 12.0 Å². The number of carbonyl (C=O) groups is 2. The zero-order valence-electron chi connectivity index (χ0n) is 10.9. The van der Waals surface area contributed by atoms with Crippen LogP contribution >= 0.6 is 11.8 Å². The Kier molecular flexibility index (Phi) is 7.99. The van der Waals surface area contributed by atoms with E-state index in [1.807, 2.05) is 13.8 Å². The molecule has 0 aromatic heterocycles. The van der Waals surface area contributed by atoms with Gasteiger partial charge in [0, 0.05) is 11.8 Å². The van der Waals surface area contributed by atoms with Crippen molar-refractivity contribution in [2.75, 3.05) is 12.4 Å². The minimum atomic E-state index is -0.672. The first-order valence-corrected chi connectivity index (χ1v) is 6.77. The molecule has 0 heterocycles. The molecule has 0 saturated heterocycles. The summed E-state index contributed by atoms with van der Waals surface area (Å²) >= 11 is 1.35. The molecule has 0 saturated carbocycles. The molecule has 0 spiro atoms. The zero-order chi connectivity index (χ0) is 13.4. The maximum atomic E-state index is 11.6. The second-order valence-electron chi connectivity index (χ2n) is 4.00. The number of rotatable bonds is 7. The summed E-state index contributed by atoms with van der Waals surface area (Å²) in [4.78, 5) is 22.8. The number of amides is 1. The van der Waals surface area contributed by atoms with Gasteiger partial charge in [-0.2, -0.15) is 0 Å². The van der Waals surface area contributed by atoms with Gasteiger partial charge in [-0.1, -0.05) is 0 Å². The average molecular weight is 262 g/mol. The van der Waals surface area contributed by atoms with E-state index in [0.29, 0.717) is 12.4 Å². The Bertz CT molecular complexity index is 259. The molecule has 17 heavy (non-hydrogen) atoms. The van der Waals surface area contributed by atoms with Crippen LogP contribution in [0.4, 0.5) is 0 Å². The Morgan fingerprint density at radius 2 is 1.94 bits per heavy atom. The smallest absolute Gasteiger partial charge is 0.323 e. The third-order valence-electron chi connectivity index (χ3n) is 1.92. The number of nitrogens with two attached hydrogens (primary N) is 1. The van der Waals surface area contributed by atoms with E-state index in [0.717, 1.165) is 0 Å². The number of esters is 1. The van der Waals surface area contributed by atoms with E-state index in [2.05, 4.69) is 5.32 Å². The molecule has 0 fully saturated rings. The van der Waals surface area contributed by atoms with Crippen molar-refractivity contribution in [2.24, 2.45) is 5.73 Å². The monoisotopic (exact) mass is 262 g/mol. The molecule has 2 atom stereocenters. The standard InChI is InChI=1S/C11H22N2O3S/c1-5-16-11(15)9(12)6-17-8(4)10(14)13-7(2)3/h7-9H,5-6,12H2,1-4H3,(H,13,14). The Hall–Kier alpha value is -0.750. The molecule has 3 N–H and O–H groups in total. The average Bonchev–Trinajstić information content (AvgIpc) is 2.24. The molecule has 0 aliphatic carbocycles. The molecule has 0 aromatic carbocycles. The van der Waals surface area contributed by atoms with Crippen molar-refractivity contribution in [3.05, 3.63) is 0 Å². The lowest BCUT2D eigenvalue weighted by Gasteiger charge is -2.16. The first-order valence-electron chi connectivity index (χ1n) is 5.72. The third kappa shape index (κ3) is 7.23. The fourth-order valence-electron chi connectivity index (χ4n) is 1.04. The van der Waals surface area contributed by atoms with E-state index in [1.54, 1.807) is 13.8 Å². The highest BCUT2D eigenvalue weighted by Crippen LogP contribution is 2.12. The van der Waals surface area contributed by atoms with Gasteiger partial charge in [-0.25, -0.2) is 0 Å². The van der Waals surface area contributed by atoms with E-state index in [1.165, 1.54) is 11.8 Å². The summed E-state index contributed by atoms with van der Waals surface area (Å²) in [5, 5.41) is 2.58. The molecule has 0 aliphatic rings. The summed E-state index contributed by atoms with van der Waals surface area (Å²) in [5.74, 6) is -0.0802. The SMILES string of the molecule is CCOC(=O)C(N)CSC(C)C(=O)NC(C)C. The van der Waals surface area contributed by atoms with Crippen molar-refractivity contribution >= 4 is 23.6 Å². The van der Waals surface area contributed by atoms with Crippen molar-refractivity contribution in [3.63, 3.8) is 0 Å². The fraction of sp³-hybridized carbons (Fsp3) is 0.818. The molecular weight excluding hydrogens is 240 g/mol. The second kappa shape index (κ2) is 8.36. The molecule has 0 rings (SSSR count). The molecule has 100 valence electrons. The van der Waals surface area contributed by atoms with Gasteiger partial charge >= 0.3 is 5.97 Å². The maximum absolute atomic E-state index is 11.6. The molecule has 0 aromatic rings. The summed E-state index contributed by atoms with van der Waals surface area (Å²) in [6.45, 7) is 7.65. The summed E-state index contributed by atoms with van der Waals surface area (Å²) in [6.07, 6.45) is 0. The predicted octanol–water partition coefficient (Wildman–Crippen LogP) is 0.523. The van der Waals surface area contributed by atoms with E-state index in [9.17, 15) is 9.59 Å². The van der Waals surface area contributed by atoms with Crippen molar-refractivity contribution in [3.8, 4) is 0 Å². The van der Waals surface area contributed by atoms with Crippen LogP contribution in [0.5, 0.6) is 0 Å². The van der Waals surface area contributed by atoms with Crippen LogP contribution < -0.4 is 11.1 Å². The maximum Gasteiger partial charge on any atom is 0.323 e. The van der Waals surface area contributed by atoms with Crippen LogP contribution in [-0.2, 0) is 14.3 Å². The van der Waals surface area contributed by atoms with Gasteiger partial charge in [0.15, 0.2) is 0 Å². The Morgan fingerprint density at radius 3 is 2.41 bits per heavy atom. The molecular formula is C11H22N2O3S. The second-order valence-corrected chi connectivity index (χ2v) is 5.37. The highest BCUT2D eigenvalue weighted by Gasteiger charge is 2.19. The highest BCUT2D eigenvalue weighted by molar-refractivity contribution is 8.00. The van der Waals surface area contributed by atoms with Crippen molar-refractivity contribution < 1.29 is 14.3 Å². The number of hydrogen-bond donors (Lipinski definition) is 2. The van der Waals surface area contributed by atoms with Crippen LogP contribution in [0.2, 0.25) is 0 Å². The van der Waals surface area contributed by atoms with Crippen LogP contribution in [0, 0.1) is 0 Å². The summed E-state index contributed by atoms with van der Waals surface area (Å²) in [6, 6.07) is -0.557. The van der Waals surface area contributed by atoms with Gasteiger partial charge in [0.05, 0.1) is 11.9 Å². The van der Waals surface area contributed by atoms with Crippen LogP contribution in [-0.4, -0.2) is 41.6 Å².